The van der Waals surface area contributed by atoms with Crippen LogP contribution in [0.15, 0.2) is 18.2 Å². The van der Waals surface area contributed by atoms with Crippen molar-refractivity contribution in [1.29, 1.82) is 0 Å². The van der Waals surface area contributed by atoms with Gasteiger partial charge in [0.1, 0.15) is 0 Å². The van der Waals surface area contributed by atoms with Gasteiger partial charge in [-0.15, -0.1) is 0 Å². The van der Waals surface area contributed by atoms with Crippen LogP contribution < -0.4 is 0 Å². The molecule has 0 amide bonds. The molecule has 0 heterocycles. The van der Waals surface area contributed by atoms with Crippen molar-refractivity contribution in [2.24, 2.45) is 0 Å². The van der Waals surface area contributed by atoms with Crippen LogP contribution in [0, 0.1) is 6.07 Å². The second kappa shape index (κ2) is 3.42. The van der Waals surface area contributed by atoms with E-state index in [2.05, 4.69) is 59.7 Å². The molecule has 0 aromatic heterocycles. The van der Waals surface area contributed by atoms with Gasteiger partial charge in [0.15, 0.2) is 0 Å². The predicted octanol–water partition coefficient (Wildman–Crippen LogP) is 4.08. The summed E-state index contributed by atoms with van der Waals surface area (Å²) in [5.41, 5.74) is 3.14. The highest BCUT2D eigenvalue weighted by molar-refractivity contribution is 5.36. The van der Waals surface area contributed by atoms with Gasteiger partial charge >= 0.3 is 0 Å². The Morgan fingerprint density at radius 3 is 1.86 bits per heavy atom. The van der Waals surface area contributed by atoms with Crippen LogP contribution in [0.25, 0.3) is 0 Å². The van der Waals surface area contributed by atoms with Crippen molar-refractivity contribution in [3.05, 3.63) is 35.4 Å². The molecule has 1 radical (unpaired) electrons. The predicted molar refractivity (Wildman–Crippen MR) is 62.7 cm³/mol. The lowest BCUT2D eigenvalue weighted by Crippen LogP contribution is -2.21. The minimum atomic E-state index is 0.184. The lowest BCUT2D eigenvalue weighted by molar-refractivity contribution is 0.529. The van der Waals surface area contributed by atoms with Gasteiger partial charge in [0.2, 0.25) is 0 Å². The summed E-state index contributed by atoms with van der Waals surface area (Å²) < 4.78 is 0. The van der Waals surface area contributed by atoms with Crippen LogP contribution in [0.1, 0.15) is 52.7 Å². The molecule has 1 aromatic rings. The van der Waals surface area contributed by atoms with Gasteiger partial charge in [-0.3, -0.25) is 0 Å². The highest BCUT2D eigenvalue weighted by Crippen LogP contribution is 2.32. The van der Waals surface area contributed by atoms with E-state index in [1.807, 2.05) is 6.07 Å². The van der Waals surface area contributed by atoms with Crippen molar-refractivity contribution < 1.29 is 0 Å². The van der Waals surface area contributed by atoms with Crippen molar-refractivity contribution in [3.8, 4) is 0 Å². The smallest absolute Gasteiger partial charge is 0.0123 e. The average Bonchev–Trinajstić information content (AvgIpc) is 2.01. The maximum Gasteiger partial charge on any atom is -0.0123 e. The number of hydrogen-bond acceptors (Lipinski definition) is 0. The highest BCUT2D eigenvalue weighted by Gasteiger charge is 2.24. The standard InChI is InChI=1S/C14H21/c1-13(2,3)11-9-7-8-10-12(11)14(4,5)6/h7-9H,1-6H3. The molecular formula is C14H21. The van der Waals surface area contributed by atoms with Gasteiger partial charge in [0.05, 0.1) is 0 Å². The first-order valence-corrected chi connectivity index (χ1v) is 5.24. The lowest BCUT2D eigenvalue weighted by Gasteiger charge is -2.29. The van der Waals surface area contributed by atoms with E-state index in [0.29, 0.717) is 0 Å². The molecule has 0 bridgehead atoms. The Kier molecular flexibility index (Phi) is 2.76. The van der Waals surface area contributed by atoms with Crippen molar-refractivity contribution in [1.82, 2.24) is 0 Å². The largest absolute Gasteiger partial charge is 0.0613 e. The van der Waals surface area contributed by atoms with Gasteiger partial charge in [-0.2, -0.15) is 0 Å². The van der Waals surface area contributed by atoms with Crippen molar-refractivity contribution >= 4 is 0 Å². The van der Waals surface area contributed by atoms with E-state index in [4.69, 9.17) is 0 Å². The normalized spacial score (nSPS) is 13.0. The van der Waals surface area contributed by atoms with Crippen LogP contribution in [-0.4, -0.2) is 0 Å². The van der Waals surface area contributed by atoms with Crippen LogP contribution >= 0.6 is 0 Å². The number of benzene rings is 1. The van der Waals surface area contributed by atoms with Crippen LogP contribution in [0.3, 0.4) is 0 Å². The molecule has 77 valence electrons. The van der Waals surface area contributed by atoms with Gasteiger partial charge in [-0.25, -0.2) is 0 Å². The average molecular weight is 189 g/mol. The molecule has 0 aliphatic heterocycles. The molecule has 1 rings (SSSR count). The highest BCUT2D eigenvalue weighted by atomic mass is 14.3. The summed E-state index contributed by atoms with van der Waals surface area (Å²) in [5.74, 6) is 0. The molecule has 14 heavy (non-hydrogen) atoms. The first kappa shape index (κ1) is 11.3. The van der Waals surface area contributed by atoms with Gasteiger partial charge in [-0.1, -0.05) is 59.7 Å². The monoisotopic (exact) mass is 189 g/mol. The fourth-order valence-corrected chi connectivity index (χ4v) is 1.68. The van der Waals surface area contributed by atoms with Crippen molar-refractivity contribution in [2.75, 3.05) is 0 Å². The third kappa shape index (κ3) is 2.37. The molecule has 0 aliphatic rings. The summed E-state index contributed by atoms with van der Waals surface area (Å²) >= 11 is 0. The molecule has 1 aromatic carbocycles. The van der Waals surface area contributed by atoms with Crippen molar-refractivity contribution in [2.45, 2.75) is 52.4 Å². The summed E-state index contributed by atoms with van der Waals surface area (Å²) in [6, 6.07) is 9.69. The van der Waals surface area contributed by atoms with Gasteiger partial charge in [0.25, 0.3) is 0 Å². The van der Waals surface area contributed by atoms with E-state index in [1.54, 1.807) is 0 Å². The molecule has 0 nitrogen and oxygen atoms in total. The van der Waals surface area contributed by atoms with Crippen molar-refractivity contribution in [3.63, 3.8) is 0 Å². The Bertz CT molecular complexity index is 275. The van der Waals surface area contributed by atoms with Crippen LogP contribution in [0.2, 0.25) is 0 Å². The molecule has 0 unspecified atom stereocenters. The molecular weight excluding hydrogens is 168 g/mol. The minimum absolute atomic E-state index is 0.184. The zero-order valence-corrected chi connectivity index (χ0v) is 10.2. The molecule has 0 saturated heterocycles. The lowest BCUT2D eigenvalue weighted by atomic mass is 9.75. The van der Waals surface area contributed by atoms with Gasteiger partial charge in [0, 0.05) is 0 Å². The molecule has 0 atom stereocenters. The maximum absolute atomic E-state index is 3.38. The number of hydrogen-bond donors (Lipinski definition) is 0. The summed E-state index contributed by atoms with van der Waals surface area (Å²) in [5, 5.41) is 0. The van der Waals surface area contributed by atoms with E-state index >= 15 is 0 Å². The van der Waals surface area contributed by atoms with Gasteiger partial charge < -0.3 is 0 Å². The third-order valence-corrected chi connectivity index (χ3v) is 2.41. The Morgan fingerprint density at radius 1 is 0.929 bits per heavy atom. The van der Waals surface area contributed by atoms with Gasteiger partial charge in [-0.05, 0) is 28.0 Å². The Hall–Kier alpha value is -0.780. The van der Waals surface area contributed by atoms with Crippen LogP contribution in [0.5, 0.6) is 0 Å². The summed E-state index contributed by atoms with van der Waals surface area (Å²) in [7, 11) is 0. The molecule has 0 N–H and O–H groups in total. The first-order chi connectivity index (χ1) is 6.23. The zero-order valence-electron chi connectivity index (χ0n) is 10.2. The third-order valence-electron chi connectivity index (χ3n) is 2.41. The fraction of sp³-hybridized carbons (Fsp3) is 0.571. The van der Waals surface area contributed by atoms with E-state index in [-0.39, 0.29) is 10.8 Å². The number of rotatable bonds is 0. The molecule has 0 heteroatoms. The Balaban J connectivity index is 3.31. The Morgan fingerprint density at radius 2 is 1.50 bits per heavy atom. The topological polar surface area (TPSA) is 0 Å². The maximum atomic E-state index is 3.38. The summed E-state index contributed by atoms with van der Waals surface area (Å²) in [6.45, 7) is 13.5. The molecule has 0 spiro atoms. The fourth-order valence-electron chi connectivity index (χ4n) is 1.68. The molecule has 0 fully saturated rings. The van der Waals surface area contributed by atoms with E-state index in [1.165, 1.54) is 11.1 Å². The molecule has 0 saturated carbocycles. The van der Waals surface area contributed by atoms with Crippen LogP contribution in [-0.2, 0) is 10.8 Å². The van der Waals surface area contributed by atoms with E-state index < -0.39 is 0 Å². The van der Waals surface area contributed by atoms with Crippen LogP contribution in [0.4, 0.5) is 0 Å². The summed E-state index contributed by atoms with van der Waals surface area (Å²) in [4.78, 5) is 0. The van der Waals surface area contributed by atoms with E-state index in [0.717, 1.165) is 0 Å². The minimum Gasteiger partial charge on any atom is -0.0613 e. The SMILES string of the molecule is CC(C)(C)c1[c]cccc1C(C)(C)C. The summed E-state index contributed by atoms with van der Waals surface area (Å²) in [6.07, 6.45) is 0. The first-order valence-electron chi connectivity index (χ1n) is 5.24. The zero-order chi connectivity index (χ0) is 11.0. The van der Waals surface area contributed by atoms with E-state index in [9.17, 15) is 0 Å². The second-order valence-electron chi connectivity index (χ2n) is 5.96. The second-order valence-corrected chi connectivity index (χ2v) is 5.96. The Labute approximate surface area is 88.4 Å². The quantitative estimate of drug-likeness (QED) is 0.577. The molecule has 0 aliphatic carbocycles.